The molecule has 1 atom stereocenters. The van der Waals surface area contributed by atoms with E-state index in [1.54, 1.807) is 24.7 Å². The quantitative estimate of drug-likeness (QED) is 0.791. The van der Waals surface area contributed by atoms with Gasteiger partial charge in [-0.2, -0.15) is 0 Å². The van der Waals surface area contributed by atoms with E-state index in [1.807, 2.05) is 12.1 Å². The average molecular weight is 375 g/mol. The van der Waals surface area contributed by atoms with E-state index >= 15 is 0 Å². The number of alkyl halides is 3. The Labute approximate surface area is 151 Å². The highest BCUT2D eigenvalue weighted by Crippen LogP contribution is 2.38. The molecule has 0 amide bonds. The number of aliphatic imine (C=N–C) groups is 2. The molecule has 1 unspecified atom stereocenters. The van der Waals surface area contributed by atoms with Crippen LogP contribution in [0.4, 0.5) is 13.2 Å². The predicted octanol–water partition coefficient (Wildman–Crippen LogP) is 4.49. The molecule has 0 bridgehead atoms. The molecule has 2 aliphatic heterocycles. The maximum absolute atomic E-state index is 12.4. The summed E-state index contributed by atoms with van der Waals surface area (Å²) in [5.74, 6) is -0.255. The number of hydrogen-bond donors (Lipinski definition) is 0. The summed E-state index contributed by atoms with van der Waals surface area (Å²) in [5, 5.41) is 1.75. The maximum atomic E-state index is 12.4. The molecular weight excluding hydrogens is 363 g/mol. The van der Waals surface area contributed by atoms with Crippen molar-refractivity contribution < 1.29 is 17.9 Å². The van der Waals surface area contributed by atoms with Crippen molar-refractivity contribution in [2.24, 2.45) is 9.98 Å². The smallest absolute Gasteiger partial charge is 0.406 e. The van der Waals surface area contributed by atoms with E-state index in [2.05, 4.69) is 14.7 Å². The molecule has 0 aliphatic carbocycles. The zero-order valence-corrected chi connectivity index (χ0v) is 14.1. The number of hydrogen-bond acceptors (Lipinski definition) is 5. The molecule has 1 aromatic heterocycles. The van der Waals surface area contributed by atoms with Crippen molar-refractivity contribution in [3.05, 3.63) is 66.1 Å². The summed E-state index contributed by atoms with van der Waals surface area (Å²) in [7, 11) is 0. The molecule has 0 spiro atoms. The molecule has 2 aliphatic rings. The zero-order valence-electron chi connectivity index (χ0n) is 13.3. The third-order valence-corrected chi connectivity index (χ3v) is 4.86. The van der Waals surface area contributed by atoms with E-state index in [4.69, 9.17) is 4.99 Å². The molecular formula is C18H12F3N3OS. The van der Waals surface area contributed by atoms with E-state index in [1.165, 1.54) is 30.0 Å². The molecule has 0 fully saturated rings. The van der Waals surface area contributed by atoms with E-state index in [0.717, 1.165) is 21.2 Å². The number of pyridine rings is 1. The number of rotatable bonds is 4. The van der Waals surface area contributed by atoms with Crippen LogP contribution in [0.5, 0.6) is 5.75 Å². The van der Waals surface area contributed by atoms with Crippen molar-refractivity contribution in [2.45, 2.75) is 18.8 Å². The standard InChI is InChI=1S/C18H12F3N3OS/c19-18(20,21)25-13-5-1-4-12(8-13)14-10-23-17-16(14)24-15(26-17)7-11-3-2-6-22-9-11/h1-6,8-10,16H,7H2. The summed E-state index contributed by atoms with van der Waals surface area (Å²) in [6, 6.07) is 9.45. The second-order valence-electron chi connectivity index (χ2n) is 5.69. The lowest BCUT2D eigenvalue weighted by Gasteiger charge is -2.12. The van der Waals surface area contributed by atoms with Crippen molar-refractivity contribution in [1.29, 1.82) is 0 Å². The highest BCUT2D eigenvalue weighted by atomic mass is 32.2. The fraction of sp³-hybridized carbons (Fsp3) is 0.167. The minimum absolute atomic E-state index is 0.255. The van der Waals surface area contributed by atoms with Crippen LogP contribution in [0.3, 0.4) is 0 Å². The Bertz CT molecular complexity index is 923. The summed E-state index contributed by atoms with van der Waals surface area (Å²) < 4.78 is 41.3. The molecule has 0 N–H and O–H groups in total. The van der Waals surface area contributed by atoms with Gasteiger partial charge in [-0.15, -0.1) is 13.2 Å². The monoisotopic (exact) mass is 375 g/mol. The normalized spacial score (nSPS) is 18.9. The summed E-state index contributed by atoms with van der Waals surface area (Å²) in [5.41, 5.74) is 2.43. The average Bonchev–Trinajstić information content (AvgIpc) is 3.14. The fourth-order valence-electron chi connectivity index (χ4n) is 2.77. The lowest BCUT2D eigenvalue weighted by Crippen LogP contribution is -2.17. The summed E-state index contributed by atoms with van der Waals surface area (Å²) in [4.78, 5) is 13.2. The van der Waals surface area contributed by atoms with Gasteiger partial charge in [0, 0.05) is 30.6 Å². The number of ether oxygens (including phenoxy) is 1. The van der Waals surface area contributed by atoms with Crippen LogP contribution in [0.2, 0.25) is 0 Å². The lowest BCUT2D eigenvalue weighted by molar-refractivity contribution is -0.274. The Morgan fingerprint density at radius 2 is 2.04 bits per heavy atom. The van der Waals surface area contributed by atoms with Crippen LogP contribution < -0.4 is 4.74 Å². The first-order chi connectivity index (χ1) is 12.5. The molecule has 0 saturated heterocycles. The van der Waals surface area contributed by atoms with Crippen LogP contribution in [-0.4, -0.2) is 27.5 Å². The molecule has 0 radical (unpaired) electrons. The van der Waals surface area contributed by atoms with E-state index in [9.17, 15) is 13.2 Å². The molecule has 4 nitrogen and oxygen atoms in total. The van der Waals surface area contributed by atoms with Gasteiger partial charge in [0.15, 0.2) is 0 Å². The van der Waals surface area contributed by atoms with Crippen LogP contribution in [0, 0.1) is 0 Å². The Morgan fingerprint density at radius 1 is 1.15 bits per heavy atom. The minimum atomic E-state index is -4.72. The molecule has 8 heteroatoms. The largest absolute Gasteiger partial charge is 0.573 e. The van der Waals surface area contributed by atoms with Gasteiger partial charge in [-0.1, -0.05) is 30.0 Å². The van der Waals surface area contributed by atoms with Crippen LogP contribution >= 0.6 is 11.8 Å². The second kappa shape index (κ2) is 6.60. The van der Waals surface area contributed by atoms with Crippen LogP contribution in [-0.2, 0) is 6.42 Å². The first-order valence-electron chi connectivity index (χ1n) is 7.75. The maximum Gasteiger partial charge on any atom is 0.573 e. The summed E-state index contributed by atoms with van der Waals surface area (Å²) in [6.45, 7) is 0. The zero-order chi connectivity index (χ0) is 18.1. The number of fused-ring (bicyclic) bond motifs is 1. The molecule has 132 valence electrons. The van der Waals surface area contributed by atoms with Gasteiger partial charge in [0.25, 0.3) is 0 Å². The van der Waals surface area contributed by atoms with E-state index in [0.29, 0.717) is 12.0 Å². The van der Waals surface area contributed by atoms with E-state index in [-0.39, 0.29) is 11.8 Å². The Balaban J connectivity index is 1.54. The molecule has 1 aromatic carbocycles. The van der Waals surface area contributed by atoms with Gasteiger partial charge in [-0.3, -0.25) is 15.0 Å². The molecule has 3 heterocycles. The first-order valence-corrected chi connectivity index (χ1v) is 8.57. The number of nitrogens with zero attached hydrogens (tertiary/aromatic N) is 3. The molecule has 2 aromatic rings. The fourth-order valence-corrected chi connectivity index (χ4v) is 3.80. The first kappa shape index (κ1) is 16.8. The minimum Gasteiger partial charge on any atom is -0.406 e. The van der Waals surface area contributed by atoms with Gasteiger partial charge in [-0.25, -0.2) is 0 Å². The lowest BCUT2D eigenvalue weighted by atomic mass is 10.0. The highest BCUT2D eigenvalue weighted by molar-refractivity contribution is 8.27. The third kappa shape index (κ3) is 3.65. The van der Waals surface area contributed by atoms with Crippen molar-refractivity contribution in [2.75, 3.05) is 0 Å². The van der Waals surface area contributed by atoms with Gasteiger partial charge >= 0.3 is 6.36 Å². The number of halogens is 3. The van der Waals surface area contributed by atoms with Gasteiger partial charge in [0.2, 0.25) is 0 Å². The van der Waals surface area contributed by atoms with Gasteiger partial charge < -0.3 is 4.74 Å². The number of benzene rings is 1. The van der Waals surface area contributed by atoms with Crippen molar-refractivity contribution in [1.82, 2.24) is 4.98 Å². The third-order valence-electron chi connectivity index (χ3n) is 3.83. The van der Waals surface area contributed by atoms with Crippen LogP contribution in [0.15, 0.2) is 65.0 Å². The molecule has 4 rings (SSSR count). The summed E-state index contributed by atoms with van der Waals surface area (Å²) >= 11 is 1.50. The Hall–Kier alpha value is -2.61. The predicted molar refractivity (Wildman–Crippen MR) is 95.3 cm³/mol. The van der Waals surface area contributed by atoms with Gasteiger partial charge in [0.1, 0.15) is 16.8 Å². The topological polar surface area (TPSA) is 46.8 Å². The van der Waals surface area contributed by atoms with E-state index < -0.39 is 6.36 Å². The molecule has 26 heavy (non-hydrogen) atoms. The van der Waals surface area contributed by atoms with Crippen molar-refractivity contribution in [3.63, 3.8) is 0 Å². The highest BCUT2D eigenvalue weighted by Gasteiger charge is 2.34. The number of aromatic nitrogens is 1. The number of thioether (sulfide) groups is 1. The van der Waals surface area contributed by atoms with Crippen molar-refractivity contribution in [3.8, 4) is 5.75 Å². The summed E-state index contributed by atoms with van der Waals surface area (Å²) in [6.07, 6.45) is 1.08. The van der Waals surface area contributed by atoms with Gasteiger partial charge in [0.05, 0.1) is 5.04 Å². The van der Waals surface area contributed by atoms with Crippen LogP contribution in [0.25, 0.3) is 5.57 Å². The van der Waals surface area contributed by atoms with Crippen LogP contribution in [0.1, 0.15) is 11.1 Å². The second-order valence-corrected chi connectivity index (χ2v) is 6.79. The SMILES string of the molecule is FC(F)(F)Oc1cccc(C2=CN=C3SC(Cc4cccnc4)=NC23)c1. The van der Waals surface area contributed by atoms with Gasteiger partial charge in [-0.05, 0) is 29.3 Å². The Morgan fingerprint density at radius 3 is 2.81 bits per heavy atom. The Kier molecular flexibility index (Phi) is 4.28. The van der Waals surface area contributed by atoms with Crippen molar-refractivity contribution >= 4 is 27.4 Å². The molecule has 0 saturated carbocycles.